The molecule has 3 aromatic heterocycles. The number of amides is 1. The van der Waals surface area contributed by atoms with Gasteiger partial charge < -0.3 is 33.4 Å². The summed E-state index contributed by atoms with van der Waals surface area (Å²) in [4.78, 5) is 24.3. The second kappa shape index (κ2) is 12.9. The van der Waals surface area contributed by atoms with Gasteiger partial charge >= 0.3 is 0 Å². The summed E-state index contributed by atoms with van der Waals surface area (Å²) < 4.78 is 31.4. The largest absolute Gasteiger partial charge is 0.490 e. The molecule has 11 heteroatoms. The predicted molar refractivity (Wildman–Crippen MR) is 176 cm³/mol. The number of carbonyl (C=O) groups excluding carboxylic acids is 1. The number of rotatable bonds is 9. The molecule has 1 saturated carbocycles. The minimum absolute atomic E-state index is 0.0656. The van der Waals surface area contributed by atoms with Crippen molar-refractivity contribution in [1.29, 1.82) is 0 Å². The molecule has 1 unspecified atom stereocenters. The van der Waals surface area contributed by atoms with Gasteiger partial charge in [-0.1, -0.05) is 26.0 Å². The average molecular weight is 628 g/mol. The molecule has 5 aromatic rings. The van der Waals surface area contributed by atoms with E-state index >= 15 is 0 Å². The number of ether oxygens (including phenoxy) is 2. The van der Waals surface area contributed by atoms with Gasteiger partial charge in [0, 0.05) is 50.2 Å². The van der Waals surface area contributed by atoms with Gasteiger partial charge in [0.15, 0.2) is 5.82 Å². The molecule has 242 valence electrons. The fourth-order valence-electron chi connectivity index (χ4n) is 6.68. The van der Waals surface area contributed by atoms with E-state index in [4.69, 9.17) is 14.5 Å². The Labute approximate surface area is 268 Å². The van der Waals surface area contributed by atoms with Gasteiger partial charge in [0.1, 0.15) is 12.4 Å². The Kier molecular flexibility index (Phi) is 8.52. The molecule has 46 heavy (non-hydrogen) atoms. The number of aromatic nitrogens is 5. The average Bonchev–Trinajstić information content (AvgIpc) is 3.56. The molecule has 1 N–H and O–H groups in total. The van der Waals surface area contributed by atoms with E-state index in [2.05, 4.69) is 44.7 Å². The van der Waals surface area contributed by atoms with Crippen molar-refractivity contribution in [2.24, 2.45) is 13.0 Å². The number of fused-ring (bicyclic) bond motifs is 3. The number of aryl methyl sites for hydroxylation is 1. The van der Waals surface area contributed by atoms with Crippen molar-refractivity contribution in [1.82, 2.24) is 33.9 Å². The molecule has 2 fully saturated rings. The number of carbonyl (C=O) groups is 1. The second-order valence-corrected chi connectivity index (χ2v) is 12.3. The van der Waals surface area contributed by atoms with Crippen LogP contribution in [-0.2, 0) is 31.3 Å². The first-order valence-corrected chi connectivity index (χ1v) is 16.5. The van der Waals surface area contributed by atoms with Crippen LogP contribution in [0.1, 0.15) is 42.6 Å². The van der Waals surface area contributed by atoms with E-state index in [-0.39, 0.29) is 11.9 Å². The van der Waals surface area contributed by atoms with Gasteiger partial charge in [-0.05, 0) is 55.0 Å². The first-order chi connectivity index (χ1) is 22.5. The molecule has 1 amide bonds. The zero-order chi connectivity index (χ0) is 31.8. The summed E-state index contributed by atoms with van der Waals surface area (Å²) in [7, 11) is 2.06. The normalized spacial score (nSPS) is 18.1. The molecule has 0 spiro atoms. The fourth-order valence-corrected chi connectivity index (χ4v) is 6.68. The summed E-state index contributed by atoms with van der Waals surface area (Å²) in [6.07, 6.45) is 6.09. The Morgan fingerprint density at radius 1 is 1.15 bits per heavy atom. The third-order valence-electron chi connectivity index (χ3n) is 9.17. The fraction of sp³-hybridized carbons (Fsp3) is 0.457. The number of morpholine rings is 1. The predicted octanol–water partition coefficient (Wildman–Crippen LogP) is 5.03. The summed E-state index contributed by atoms with van der Waals surface area (Å²) in [5, 5.41) is 4.55. The van der Waals surface area contributed by atoms with Crippen LogP contribution in [0.2, 0.25) is 0 Å². The molecule has 10 nitrogen and oxygen atoms in total. The number of imidazole rings is 2. The maximum atomic E-state index is 13.6. The summed E-state index contributed by atoms with van der Waals surface area (Å²) in [5.41, 5.74) is 5.75. The topological polar surface area (TPSA) is 91.4 Å². The van der Waals surface area contributed by atoms with Crippen LogP contribution in [0, 0.1) is 11.9 Å². The van der Waals surface area contributed by atoms with Gasteiger partial charge in [-0.2, -0.15) is 4.39 Å². The van der Waals surface area contributed by atoms with Crippen LogP contribution in [0.5, 0.6) is 5.75 Å². The Morgan fingerprint density at radius 2 is 2.02 bits per heavy atom. The molecule has 2 aromatic carbocycles. The van der Waals surface area contributed by atoms with E-state index in [0.717, 1.165) is 76.4 Å². The Morgan fingerprint density at radius 3 is 2.78 bits per heavy atom. The van der Waals surface area contributed by atoms with E-state index in [9.17, 15) is 9.18 Å². The number of hydrogen-bond donors (Lipinski definition) is 1. The van der Waals surface area contributed by atoms with E-state index < -0.39 is 5.95 Å². The number of para-hydroxylation sites is 1. The highest BCUT2D eigenvalue weighted by Gasteiger charge is 2.30. The third-order valence-corrected chi connectivity index (χ3v) is 9.17. The number of benzene rings is 2. The van der Waals surface area contributed by atoms with E-state index in [0.29, 0.717) is 38.8 Å². The molecule has 5 heterocycles. The minimum atomic E-state index is -0.494. The van der Waals surface area contributed by atoms with Crippen LogP contribution < -0.4 is 10.1 Å². The standard InChI is InChI=1S/C33H36FN7O3.C2H6/c1-38-27-13-22-7-9-40(17-24-19-43-11-8-35-24)33(42)25(22)15-26(27)37-32(38)28-14-23-3-2-4-29(31(23)41(28)16-21-5-6-21)44-12-10-39-18-30(34)36-20-39;1-2/h2-4,13-15,18,20-21,24,35H,5-12,16-17,19H2,1H3;1-2H3. The van der Waals surface area contributed by atoms with Gasteiger partial charge in [0.25, 0.3) is 5.91 Å². The van der Waals surface area contributed by atoms with Crippen LogP contribution in [0.25, 0.3) is 33.5 Å². The second-order valence-electron chi connectivity index (χ2n) is 12.3. The van der Waals surface area contributed by atoms with Crippen molar-refractivity contribution in [2.75, 3.05) is 39.5 Å². The molecule has 8 rings (SSSR count). The molecule has 3 aliphatic rings. The van der Waals surface area contributed by atoms with Crippen molar-refractivity contribution < 1.29 is 18.7 Å². The van der Waals surface area contributed by atoms with Crippen molar-refractivity contribution in [3.05, 3.63) is 66.0 Å². The number of nitrogens with one attached hydrogen (secondary N) is 1. The Balaban J connectivity index is 0.00000166. The number of nitrogens with zero attached hydrogens (tertiary/aromatic N) is 6. The summed E-state index contributed by atoms with van der Waals surface area (Å²) in [6, 6.07) is 12.6. The van der Waals surface area contributed by atoms with E-state index in [1.54, 1.807) is 4.57 Å². The summed E-state index contributed by atoms with van der Waals surface area (Å²) in [6.45, 7) is 9.30. The van der Waals surface area contributed by atoms with Gasteiger partial charge in [0.2, 0.25) is 5.95 Å². The zero-order valence-electron chi connectivity index (χ0n) is 26.8. The smallest absolute Gasteiger partial charge is 0.254 e. The van der Waals surface area contributed by atoms with E-state index in [1.165, 1.54) is 25.4 Å². The molecule has 1 aliphatic carbocycles. The Hall–Kier alpha value is -4.22. The first-order valence-electron chi connectivity index (χ1n) is 16.5. The monoisotopic (exact) mass is 627 g/mol. The lowest BCUT2D eigenvalue weighted by Gasteiger charge is -2.33. The van der Waals surface area contributed by atoms with Crippen molar-refractivity contribution in [2.45, 2.75) is 52.2 Å². The molecule has 1 saturated heterocycles. The SMILES string of the molecule is CC.Cn1c(-c2cc3cccc(OCCn4cnc(F)c4)c3n2CC2CC2)nc2cc3c(cc21)CCN(CC1COCCN1)C3=O. The highest BCUT2D eigenvalue weighted by Crippen LogP contribution is 2.39. The molecular formula is C35H42FN7O3. The molecule has 1 atom stereocenters. The van der Waals surface area contributed by atoms with Gasteiger partial charge in [0.05, 0.1) is 54.5 Å². The zero-order valence-corrected chi connectivity index (χ0v) is 26.8. The lowest BCUT2D eigenvalue weighted by molar-refractivity contribution is 0.0512. The molecule has 0 bridgehead atoms. The third kappa shape index (κ3) is 5.89. The van der Waals surface area contributed by atoms with Crippen molar-refractivity contribution in [3.63, 3.8) is 0 Å². The number of halogens is 1. The van der Waals surface area contributed by atoms with Gasteiger partial charge in [-0.25, -0.2) is 9.97 Å². The lowest BCUT2D eigenvalue weighted by Crippen LogP contribution is -2.51. The van der Waals surface area contributed by atoms with Crippen molar-refractivity contribution >= 4 is 27.8 Å². The van der Waals surface area contributed by atoms with Crippen molar-refractivity contribution in [3.8, 4) is 17.3 Å². The maximum absolute atomic E-state index is 13.6. The van der Waals surface area contributed by atoms with Gasteiger partial charge in [-0.15, -0.1) is 0 Å². The van der Waals surface area contributed by atoms with Gasteiger partial charge in [-0.3, -0.25) is 4.79 Å². The highest BCUT2D eigenvalue weighted by molar-refractivity contribution is 6.01. The van der Waals surface area contributed by atoms with Crippen LogP contribution in [0.15, 0.2) is 48.9 Å². The first kappa shape index (κ1) is 30.4. The van der Waals surface area contributed by atoms with Crippen LogP contribution in [-0.4, -0.2) is 80.0 Å². The lowest BCUT2D eigenvalue weighted by atomic mass is 9.97. The minimum Gasteiger partial charge on any atom is -0.490 e. The van der Waals surface area contributed by atoms with Crippen LogP contribution in [0.3, 0.4) is 0 Å². The highest BCUT2D eigenvalue weighted by atomic mass is 19.1. The summed E-state index contributed by atoms with van der Waals surface area (Å²) in [5.74, 6) is 1.86. The molecule has 2 aliphatic heterocycles. The summed E-state index contributed by atoms with van der Waals surface area (Å²) >= 11 is 0. The Bertz CT molecular complexity index is 1860. The number of hydrogen-bond acceptors (Lipinski definition) is 6. The maximum Gasteiger partial charge on any atom is 0.254 e. The van der Waals surface area contributed by atoms with Crippen LogP contribution in [0.4, 0.5) is 4.39 Å². The molecular weight excluding hydrogens is 585 g/mol. The van der Waals surface area contributed by atoms with Crippen LogP contribution >= 0.6 is 0 Å². The quantitative estimate of drug-likeness (QED) is 0.247. The van der Waals surface area contributed by atoms with E-state index in [1.807, 2.05) is 36.9 Å². The molecule has 0 radical (unpaired) electrons.